The van der Waals surface area contributed by atoms with Gasteiger partial charge in [0.2, 0.25) is 5.91 Å². The molecule has 1 aromatic heterocycles. The van der Waals surface area contributed by atoms with Crippen molar-refractivity contribution in [3.8, 4) is 0 Å². The number of carbonyl (C=O) groups excluding carboxylic acids is 1. The Kier molecular flexibility index (Phi) is 5.69. The van der Waals surface area contributed by atoms with Crippen molar-refractivity contribution in [2.75, 3.05) is 32.7 Å². The maximum absolute atomic E-state index is 11.6. The highest BCUT2D eigenvalue weighted by atomic mass is 16.3. The minimum atomic E-state index is -0.665. The van der Waals surface area contributed by atoms with Gasteiger partial charge in [-0.3, -0.25) is 4.79 Å². The number of amides is 1. The summed E-state index contributed by atoms with van der Waals surface area (Å²) in [6.45, 7) is 7.84. The molecule has 138 valence electrons. The quantitative estimate of drug-likeness (QED) is 0.903. The lowest BCUT2D eigenvalue weighted by molar-refractivity contribution is -0.129. The molecule has 3 heterocycles. The fraction of sp³-hybridized carbons (Fsp3) is 0.737. The normalized spacial score (nSPS) is 26.4. The number of hydrogen-bond acceptors (Lipinski definition) is 5. The third-order valence-corrected chi connectivity index (χ3v) is 5.79. The van der Waals surface area contributed by atoms with Crippen molar-refractivity contribution < 1.29 is 9.90 Å². The monoisotopic (exact) mass is 346 g/mol. The van der Waals surface area contributed by atoms with Crippen molar-refractivity contribution in [1.29, 1.82) is 0 Å². The van der Waals surface area contributed by atoms with Crippen molar-refractivity contribution in [2.24, 2.45) is 0 Å². The molecule has 6 heteroatoms. The molecule has 25 heavy (non-hydrogen) atoms. The first-order valence-electron chi connectivity index (χ1n) is 9.44. The zero-order valence-electron chi connectivity index (χ0n) is 15.4. The summed E-state index contributed by atoms with van der Waals surface area (Å²) in [6.07, 6.45) is 8.03. The van der Waals surface area contributed by atoms with E-state index < -0.39 is 5.60 Å². The third kappa shape index (κ3) is 4.55. The molecule has 2 aliphatic heterocycles. The minimum absolute atomic E-state index is 0.116. The zero-order valence-corrected chi connectivity index (χ0v) is 15.4. The van der Waals surface area contributed by atoms with Crippen molar-refractivity contribution in [1.82, 2.24) is 19.8 Å². The first-order chi connectivity index (χ1) is 12.0. The molecule has 2 saturated heterocycles. The van der Waals surface area contributed by atoms with E-state index in [-0.39, 0.29) is 5.91 Å². The molecule has 2 fully saturated rings. The highest BCUT2D eigenvalue weighted by molar-refractivity contribution is 5.73. The number of aliphatic hydroxyl groups is 1. The number of piperidine rings is 1. The van der Waals surface area contributed by atoms with Crippen LogP contribution >= 0.6 is 0 Å². The Labute approximate surface area is 150 Å². The summed E-state index contributed by atoms with van der Waals surface area (Å²) in [7, 11) is 0. The van der Waals surface area contributed by atoms with Crippen LogP contribution in [-0.4, -0.2) is 69.1 Å². The molecular formula is C19H30N4O2. The van der Waals surface area contributed by atoms with Gasteiger partial charge in [0.1, 0.15) is 6.33 Å². The Morgan fingerprint density at radius 1 is 1.28 bits per heavy atom. The van der Waals surface area contributed by atoms with Crippen LogP contribution in [0.5, 0.6) is 0 Å². The van der Waals surface area contributed by atoms with Crippen LogP contribution in [0.1, 0.15) is 56.2 Å². The lowest BCUT2D eigenvalue weighted by Gasteiger charge is -2.38. The molecule has 0 aliphatic carbocycles. The SMILES string of the molecule is CC(=O)N1CCCC(O)(CN2CCC(c3ncncc3C)CC2)CC1. The standard InChI is InChI=1S/C19H30N4O2/c1-15-12-20-14-21-18(15)17-4-9-22(10-5-17)13-19(25)6-3-8-23(11-7-19)16(2)24/h12,14,17,25H,3-11,13H2,1-2H3. The molecule has 1 aromatic rings. The summed E-state index contributed by atoms with van der Waals surface area (Å²) >= 11 is 0. The molecule has 1 unspecified atom stereocenters. The van der Waals surface area contributed by atoms with Crippen LogP contribution in [-0.2, 0) is 4.79 Å². The summed E-state index contributed by atoms with van der Waals surface area (Å²) in [4.78, 5) is 24.4. The van der Waals surface area contributed by atoms with Crippen molar-refractivity contribution in [2.45, 2.75) is 57.5 Å². The second-order valence-corrected chi connectivity index (χ2v) is 7.73. The van der Waals surface area contributed by atoms with Gasteiger partial charge in [0, 0.05) is 44.4 Å². The van der Waals surface area contributed by atoms with Crippen LogP contribution in [0.15, 0.2) is 12.5 Å². The highest BCUT2D eigenvalue weighted by Crippen LogP contribution is 2.30. The topological polar surface area (TPSA) is 69.6 Å². The van der Waals surface area contributed by atoms with E-state index in [1.165, 1.54) is 11.3 Å². The molecular weight excluding hydrogens is 316 g/mol. The molecule has 1 atom stereocenters. The van der Waals surface area contributed by atoms with E-state index in [0.717, 1.165) is 45.3 Å². The van der Waals surface area contributed by atoms with Crippen LogP contribution in [0.25, 0.3) is 0 Å². The Morgan fingerprint density at radius 2 is 2.04 bits per heavy atom. The smallest absolute Gasteiger partial charge is 0.219 e. The molecule has 0 aromatic carbocycles. The fourth-order valence-corrected chi connectivity index (χ4v) is 4.27. The van der Waals surface area contributed by atoms with Gasteiger partial charge < -0.3 is 14.9 Å². The zero-order chi connectivity index (χ0) is 17.9. The molecule has 3 rings (SSSR count). The Morgan fingerprint density at radius 3 is 2.72 bits per heavy atom. The molecule has 6 nitrogen and oxygen atoms in total. The van der Waals surface area contributed by atoms with E-state index in [4.69, 9.17) is 0 Å². The minimum Gasteiger partial charge on any atom is -0.388 e. The van der Waals surface area contributed by atoms with E-state index in [1.54, 1.807) is 13.3 Å². The summed E-state index contributed by atoms with van der Waals surface area (Å²) in [5, 5.41) is 11.0. The van der Waals surface area contributed by atoms with Crippen LogP contribution < -0.4 is 0 Å². The van der Waals surface area contributed by atoms with Gasteiger partial charge in [-0.2, -0.15) is 0 Å². The summed E-state index contributed by atoms with van der Waals surface area (Å²) in [6, 6.07) is 0. The van der Waals surface area contributed by atoms with E-state index in [0.29, 0.717) is 25.4 Å². The Balaban J connectivity index is 1.53. The fourth-order valence-electron chi connectivity index (χ4n) is 4.27. The number of aromatic nitrogens is 2. The maximum atomic E-state index is 11.6. The van der Waals surface area contributed by atoms with Crippen molar-refractivity contribution in [3.63, 3.8) is 0 Å². The van der Waals surface area contributed by atoms with Crippen molar-refractivity contribution >= 4 is 5.91 Å². The predicted octanol–water partition coefficient (Wildman–Crippen LogP) is 1.73. The Bertz CT molecular complexity index is 601. The van der Waals surface area contributed by atoms with E-state index in [2.05, 4.69) is 21.8 Å². The van der Waals surface area contributed by atoms with Crippen LogP contribution in [0.2, 0.25) is 0 Å². The number of carbonyl (C=O) groups is 1. The van der Waals surface area contributed by atoms with Gasteiger partial charge >= 0.3 is 0 Å². The first-order valence-corrected chi connectivity index (χ1v) is 9.44. The number of likely N-dealkylation sites (tertiary alicyclic amines) is 2. The number of nitrogens with zero attached hydrogens (tertiary/aromatic N) is 4. The summed E-state index contributed by atoms with van der Waals surface area (Å²) in [5.41, 5.74) is 1.69. The second kappa shape index (κ2) is 7.79. The number of hydrogen-bond donors (Lipinski definition) is 1. The lowest BCUT2D eigenvalue weighted by Crippen LogP contribution is -2.46. The maximum Gasteiger partial charge on any atom is 0.219 e. The molecule has 0 bridgehead atoms. The predicted molar refractivity (Wildman–Crippen MR) is 96.2 cm³/mol. The second-order valence-electron chi connectivity index (χ2n) is 7.73. The van der Waals surface area contributed by atoms with Gasteiger partial charge in [0.25, 0.3) is 0 Å². The average molecular weight is 346 g/mol. The van der Waals surface area contributed by atoms with E-state index in [9.17, 15) is 9.90 Å². The van der Waals surface area contributed by atoms with Crippen LogP contribution in [0, 0.1) is 6.92 Å². The number of β-amino-alcohol motifs (C(OH)–C–C–N with tert-alkyl or cyclic N) is 1. The van der Waals surface area contributed by atoms with E-state index >= 15 is 0 Å². The molecule has 2 aliphatic rings. The van der Waals surface area contributed by atoms with Gasteiger partial charge in [0.15, 0.2) is 0 Å². The molecule has 1 N–H and O–H groups in total. The van der Waals surface area contributed by atoms with Gasteiger partial charge in [0.05, 0.1) is 5.60 Å². The van der Waals surface area contributed by atoms with Crippen LogP contribution in [0.3, 0.4) is 0 Å². The first kappa shape index (κ1) is 18.3. The number of aryl methyl sites for hydroxylation is 1. The Hall–Kier alpha value is -1.53. The number of rotatable bonds is 3. The van der Waals surface area contributed by atoms with Gasteiger partial charge in [-0.1, -0.05) is 0 Å². The largest absolute Gasteiger partial charge is 0.388 e. The average Bonchev–Trinajstić information content (AvgIpc) is 2.78. The highest BCUT2D eigenvalue weighted by Gasteiger charge is 2.34. The third-order valence-electron chi connectivity index (χ3n) is 5.79. The molecule has 0 spiro atoms. The van der Waals surface area contributed by atoms with E-state index in [1.807, 2.05) is 11.1 Å². The van der Waals surface area contributed by atoms with Crippen molar-refractivity contribution in [3.05, 3.63) is 23.8 Å². The molecule has 0 radical (unpaired) electrons. The molecule has 0 saturated carbocycles. The lowest BCUT2D eigenvalue weighted by atomic mass is 9.89. The molecule has 1 amide bonds. The summed E-state index contributed by atoms with van der Waals surface area (Å²) in [5.74, 6) is 0.613. The van der Waals surface area contributed by atoms with Crippen LogP contribution in [0.4, 0.5) is 0 Å². The van der Waals surface area contributed by atoms with Gasteiger partial charge in [-0.15, -0.1) is 0 Å². The van der Waals surface area contributed by atoms with Gasteiger partial charge in [-0.25, -0.2) is 9.97 Å². The summed E-state index contributed by atoms with van der Waals surface area (Å²) < 4.78 is 0. The van der Waals surface area contributed by atoms with Gasteiger partial charge in [-0.05, 0) is 57.7 Å².